The van der Waals surface area contributed by atoms with E-state index in [1.165, 1.54) is 0 Å². The van der Waals surface area contributed by atoms with Crippen LogP contribution in [0.15, 0.2) is 11.3 Å². The van der Waals surface area contributed by atoms with Crippen molar-refractivity contribution in [2.45, 2.75) is 32.5 Å². The first-order valence-corrected chi connectivity index (χ1v) is 7.96. The highest BCUT2D eigenvalue weighted by Gasteiger charge is 2.19. The Morgan fingerprint density at radius 2 is 2.08 bits per heavy atom. The molecule has 1 saturated heterocycles. The molecule has 0 unspecified atom stereocenters. The fraction of sp³-hybridized carbons (Fsp3) is 0.667. The number of ether oxygens (including phenoxy) is 1. The average molecular weight is 184 g/mol. The molecule has 0 atom stereocenters. The molecule has 0 N–H and O–H groups in total. The van der Waals surface area contributed by atoms with Gasteiger partial charge in [0.15, 0.2) is 0 Å². The summed E-state index contributed by atoms with van der Waals surface area (Å²) in [5, 5.41) is 0. The monoisotopic (exact) mass is 184 g/mol. The zero-order valence-electron chi connectivity index (χ0n) is 8.02. The minimum atomic E-state index is -1.25. The van der Waals surface area contributed by atoms with Gasteiger partial charge in [-0.2, -0.15) is 0 Å². The molecule has 0 aromatic carbocycles. The third-order valence-corrected chi connectivity index (χ3v) is 2.91. The zero-order chi connectivity index (χ0) is 9.19. The minimum absolute atomic E-state index is 0.0938. The molecule has 1 aliphatic rings. The molecule has 0 spiro atoms. The number of carbonyl (C=O) groups excluding carboxylic acids is 1. The number of esters is 1. The van der Waals surface area contributed by atoms with Gasteiger partial charge in [0.1, 0.15) is 0 Å². The van der Waals surface area contributed by atoms with E-state index >= 15 is 0 Å². The molecular formula is C9H16O2Si. The fourth-order valence-corrected chi connectivity index (χ4v) is 2.58. The number of rotatable bonds is 1. The average Bonchev–Trinajstić information content (AvgIpc) is 1.91. The van der Waals surface area contributed by atoms with Crippen LogP contribution in [0.2, 0.25) is 19.6 Å². The molecule has 12 heavy (non-hydrogen) atoms. The lowest BCUT2D eigenvalue weighted by molar-refractivity contribution is -0.141. The molecule has 68 valence electrons. The standard InChI is InChI=1S/C9H16O2Si/c1-12(2,3)7-8-5-4-6-11-9(8)10/h7H,4-6H2,1-3H3/b8-7+. The van der Waals surface area contributed by atoms with Gasteiger partial charge in [-0.15, -0.1) is 0 Å². The first-order chi connectivity index (χ1) is 5.49. The van der Waals surface area contributed by atoms with E-state index in [4.69, 9.17) is 4.74 Å². The molecule has 1 fully saturated rings. The second kappa shape index (κ2) is 3.43. The molecule has 3 heteroatoms. The summed E-state index contributed by atoms with van der Waals surface area (Å²) >= 11 is 0. The fourth-order valence-electron chi connectivity index (χ4n) is 1.28. The van der Waals surface area contributed by atoms with Crippen LogP contribution < -0.4 is 0 Å². The maximum atomic E-state index is 11.2. The van der Waals surface area contributed by atoms with Crippen molar-refractivity contribution in [2.75, 3.05) is 6.61 Å². The highest BCUT2D eigenvalue weighted by molar-refractivity contribution is 6.81. The van der Waals surface area contributed by atoms with E-state index in [1.807, 2.05) is 0 Å². The van der Waals surface area contributed by atoms with E-state index in [0.717, 1.165) is 18.4 Å². The van der Waals surface area contributed by atoms with Crippen LogP contribution in [0.3, 0.4) is 0 Å². The lowest BCUT2D eigenvalue weighted by Crippen LogP contribution is -2.22. The van der Waals surface area contributed by atoms with E-state index in [1.54, 1.807) is 0 Å². The molecule has 1 aliphatic heterocycles. The van der Waals surface area contributed by atoms with Crippen molar-refractivity contribution in [2.24, 2.45) is 0 Å². The maximum Gasteiger partial charge on any atom is 0.333 e. The first kappa shape index (κ1) is 9.51. The van der Waals surface area contributed by atoms with Gasteiger partial charge in [0.25, 0.3) is 0 Å². The molecule has 2 nitrogen and oxygen atoms in total. The van der Waals surface area contributed by atoms with Crippen molar-refractivity contribution in [3.8, 4) is 0 Å². The third kappa shape index (κ3) is 2.81. The van der Waals surface area contributed by atoms with E-state index < -0.39 is 8.07 Å². The van der Waals surface area contributed by atoms with Gasteiger partial charge >= 0.3 is 5.97 Å². The van der Waals surface area contributed by atoms with Crippen molar-refractivity contribution in [1.29, 1.82) is 0 Å². The molecule has 0 radical (unpaired) electrons. The minimum Gasteiger partial charge on any atom is -0.462 e. The summed E-state index contributed by atoms with van der Waals surface area (Å²) in [6.07, 6.45) is 1.89. The molecule has 0 aromatic heterocycles. The number of cyclic esters (lactones) is 1. The van der Waals surface area contributed by atoms with Gasteiger partial charge < -0.3 is 4.74 Å². The second-order valence-corrected chi connectivity index (χ2v) is 9.30. The van der Waals surface area contributed by atoms with Crippen LogP contribution >= 0.6 is 0 Å². The molecule has 0 aliphatic carbocycles. The Hall–Kier alpha value is -0.573. The summed E-state index contributed by atoms with van der Waals surface area (Å²) < 4.78 is 4.95. The summed E-state index contributed by atoms with van der Waals surface area (Å²) in [6, 6.07) is 0. The number of carbonyl (C=O) groups is 1. The Morgan fingerprint density at radius 1 is 1.42 bits per heavy atom. The highest BCUT2D eigenvalue weighted by atomic mass is 28.3. The van der Waals surface area contributed by atoms with Crippen molar-refractivity contribution in [1.82, 2.24) is 0 Å². The molecule has 0 aromatic rings. The molecule has 0 saturated carbocycles. The van der Waals surface area contributed by atoms with E-state index in [2.05, 4.69) is 25.3 Å². The van der Waals surface area contributed by atoms with Gasteiger partial charge in [-0.1, -0.05) is 25.3 Å². The lowest BCUT2D eigenvalue weighted by atomic mass is 10.1. The Bertz CT molecular complexity index is 213. The Balaban J connectivity index is 2.72. The molecule has 0 bridgehead atoms. The topological polar surface area (TPSA) is 26.3 Å². The lowest BCUT2D eigenvalue weighted by Gasteiger charge is -2.17. The largest absolute Gasteiger partial charge is 0.462 e. The zero-order valence-corrected chi connectivity index (χ0v) is 9.02. The predicted molar refractivity (Wildman–Crippen MR) is 51.6 cm³/mol. The summed E-state index contributed by atoms with van der Waals surface area (Å²) in [4.78, 5) is 11.2. The highest BCUT2D eigenvalue weighted by Crippen LogP contribution is 2.17. The van der Waals surface area contributed by atoms with E-state index in [-0.39, 0.29) is 5.97 Å². The SMILES string of the molecule is C[Si](C)(C)/C=C1\CCCOC1=O. The van der Waals surface area contributed by atoms with Crippen molar-refractivity contribution >= 4 is 14.0 Å². The number of hydrogen-bond acceptors (Lipinski definition) is 2. The van der Waals surface area contributed by atoms with Gasteiger partial charge in [0.05, 0.1) is 14.7 Å². The van der Waals surface area contributed by atoms with Crippen LogP contribution in [0.1, 0.15) is 12.8 Å². The summed E-state index contributed by atoms with van der Waals surface area (Å²) in [6.45, 7) is 7.27. The summed E-state index contributed by atoms with van der Waals surface area (Å²) in [7, 11) is -1.25. The van der Waals surface area contributed by atoms with E-state index in [9.17, 15) is 4.79 Å². The van der Waals surface area contributed by atoms with Gasteiger partial charge in [-0.3, -0.25) is 0 Å². The normalized spacial score (nSPS) is 22.6. The van der Waals surface area contributed by atoms with E-state index in [0.29, 0.717) is 6.61 Å². The Morgan fingerprint density at radius 3 is 2.58 bits per heavy atom. The van der Waals surface area contributed by atoms with Crippen LogP contribution in [0.4, 0.5) is 0 Å². The maximum absolute atomic E-state index is 11.2. The molecule has 1 heterocycles. The van der Waals surface area contributed by atoms with Crippen molar-refractivity contribution in [3.63, 3.8) is 0 Å². The van der Waals surface area contributed by atoms with Crippen molar-refractivity contribution < 1.29 is 9.53 Å². The predicted octanol–water partition coefficient (Wildman–Crippen LogP) is 2.13. The van der Waals surface area contributed by atoms with Crippen LogP contribution in [-0.2, 0) is 9.53 Å². The third-order valence-electron chi connectivity index (χ3n) is 1.69. The molecule has 1 rings (SSSR count). The van der Waals surface area contributed by atoms with Crippen LogP contribution in [0, 0.1) is 0 Å². The summed E-state index contributed by atoms with van der Waals surface area (Å²) in [5.41, 5.74) is 3.05. The van der Waals surface area contributed by atoms with Gasteiger partial charge in [0.2, 0.25) is 0 Å². The smallest absolute Gasteiger partial charge is 0.333 e. The quantitative estimate of drug-likeness (QED) is 0.354. The molecule has 0 amide bonds. The van der Waals surface area contributed by atoms with Crippen LogP contribution in [-0.4, -0.2) is 20.7 Å². The first-order valence-electron chi connectivity index (χ1n) is 4.38. The van der Waals surface area contributed by atoms with Gasteiger partial charge in [-0.25, -0.2) is 4.79 Å². The second-order valence-electron chi connectivity index (χ2n) is 4.28. The van der Waals surface area contributed by atoms with Crippen LogP contribution in [0.5, 0.6) is 0 Å². The Kier molecular flexibility index (Phi) is 2.72. The Labute approximate surface area is 74.6 Å². The van der Waals surface area contributed by atoms with Gasteiger partial charge in [0, 0.05) is 5.57 Å². The van der Waals surface area contributed by atoms with Crippen LogP contribution in [0.25, 0.3) is 0 Å². The van der Waals surface area contributed by atoms with Gasteiger partial charge in [-0.05, 0) is 12.8 Å². The summed E-state index contributed by atoms with van der Waals surface area (Å²) in [5.74, 6) is -0.0938. The molecular weight excluding hydrogens is 168 g/mol. The number of hydrogen-bond donors (Lipinski definition) is 0. The van der Waals surface area contributed by atoms with Crippen molar-refractivity contribution in [3.05, 3.63) is 11.3 Å².